The summed E-state index contributed by atoms with van der Waals surface area (Å²) in [6.45, 7) is 0. The number of carbonyl (C=O) groups is 2. The highest BCUT2D eigenvalue weighted by molar-refractivity contribution is 6.00. The van der Waals surface area contributed by atoms with Gasteiger partial charge in [-0.1, -0.05) is 0 Å². The van der Waals surface area contributed by atoms with E-state index in [1.165, 1.54) is 0 Å². The second-order valence-electron chi connectivity index (χ2n) is 3.53. The highest BCUT2D eigenvalue weighted by atomic mass is 16.4. The first-order valence-electron chi connectivity index (χ1n) is 4.20. The fourth-order valence-electron chi connectivity index (χ4n) is 2.18. The quantitative estimate of drug-likeness (QED) is 0.532. The molecule has 2 fully saturated rings. The van der Waals surface area contributed by atoms with Crippen molar-refractivity contribution in [3.63, 3.8) is 0 Å². The third kappa shape index (κ3) is 1.03. The third-order valence-electron chi connectivity index (χ3n) is 2.74. The summed E-state index contributed by atoms with van der Waals surface area (Å²) in [5.41, 5.74) is 0. The molecule has 0 aromatic heterocycles. The number of ketones is 1. The minimum Gasteiger partial charge on any atom is -0.481 e. The van der Waals surface area contributed by atoms with E-state index in [9.17, 15) is 9.59 Å². The fourth-order valence-corrected chi connectivity index (χ4v) is 2.18. The van der Waals surface area contributed by atoms with Crippen molar-refractivity contribution in [2.45, 2.75) is 31.3 Å². The Bertz CT molecular complexity index is 238. The number of nitrogens with one attached hydrogen (secondary N) is 1. The summed E-state index contributed by atoms with van der Waals surface area (Å²) < 4.78 is 0. The molecule has 0 aromatic rings. The molecule has 2 rings (SSSR count). The van der Waals surface area contributed by atoms with Crippen molar-refractivity contribution < 1.29 is 14.7 Å². The van der Waals surface area contributed by atoms with Crippen LogP contribution in [0.2, 0.25) is 0 Å². The second kappa shape index (κ2) is 2.55. The van der Waals surface area contributed by atoms with E-state index in [-0.39, 0.29) is 17.9 Å². The second-order valence-corrected chi connectivity index (χ2v) is 3.53. The van der Waals surface area contributed by atoms with E-state index in [1.807, 2.05) is 0 Å². The van der Waals surface area contributed by atoms with Crippen LogP contribution in [0.3, 0.4) is 0 Å². The molecule has 3 atom stereocenters. The zero-order valence-corrected chi connectivity index (χ0v) is 6.62. The zero-order valence-electron chi connectivity index (χ0n) is 6.62. The third-order valence-corrected chi connectivity index (χ3v) is 2.74. The summed E-state index contributed by atoms with van der Waals surface area (Å²) in [5.74, 6) is -1.87. The molecule has 0 saturated carbocycles. The number of fused-ring (bicyclic) bond motifs is 2. The van der Waals surface area contributed by atoms with Crippen molar-refractivity contribution in [1.29, 1.82) is 0 Å². The maximum atomic E-state index is 11.3. The number of rotatable bonds is 1. The van der Waals surface area contributed by atoms with E-state index in [0.717, 1.165) is 12.8 Å². The van der Waals surface area contributed by atoms with Gasteiger partial charge in [0.05, 0.1) is 0 Å². The number of hydrogen-bond donors (Lipinski definition) is 2. The molecule has 2 bridgehead atoms. The molecular weight excluding hydrogens is 158 g/mol. The number of Topliss-reactive ketones (excluding diaryl/α,β-unsaturated/α-hetero) is 1. The molecule has 4 heteroatoms. The van der Waals surface area contributed by atoms with E-state index in [4.69, 9.17) is 5.11 Å². The first-order valence-corrected chi connectivity index (χ1v) is 4.20. The van der Waals surface area contributed by atoms with Gasteiger partial charge in [-0.2, -0.15) is 0 Å². The molecule has 12 heavy (non-hydrogen) atoms. The fraction of sp³-hybridized carbons (Fsp3) is 0.750. The Morgan fingerprint density at radius 1 is 1.50 bits per heavy atom. The average molecular weight is 169 g/mol. The van der Waals surface area contributed by atoms with E-state index in [1.54, 1.807) is 0 Å². The van der Waals surface area contributed by atoms with Gasteiger partial charge in [0.2, 0.25) is 0 Å². The Balaban J connectivity index is 2.21. The van der Waals surface area contributed by atoms with Gasteiger partial charge in [-0.05, 0) is 12.8 Å². The smallest absolute Gasteiger partial charge is 0.315 e. The molecule has 2 saturated heterocycles. The van der Waals surface area contributed by atoms with E-state index < -0.39 is 11.9 Å². The number of carbonyl (C=O) groups excluding carboxylic acids is 1. The van der Waals surface area contributed by atoms with Crippen LogP contribution in [0.1, 0.15) is 19.3 Å². The molecule has 2 N–H and O–H groups in total. The SMILES string of the molecule is O=C(O)C1C(=O)C[C@@H]2CC[C@H]1N2. The summed E-state index contributed by atoms with van der Waals surface area (Å²) in [6, 6.07) is 0.145. The molecule has 0 aliphatic carbocycles. The van der Waals surface area contributed by atoms with Crippen LogP contribution in [-0.2, 0) is 9.59 Å². The normalized spacial score (nSPS) is 40.0. The maximum absolute atomic E-state index is 11.3. The lowest BCUT2D eigenvalue weighted by atomic mass is 9.91. The Labute approximate surface area is 69.9 Å². The number of carboxylic acid groups (broad SMARTS) is 1. The Hall–Kier alpha value is -0.900. The lowest BCUT2D eigenvalue weighted by molar-refractivity contribution is -0.148. The largest absolute Gasteiger partial charge is 0.481 e. The molecule has 4 nitrogen and oxygen atoms in total. The van der Waals surface area contributed by atoms with Gasteiger partial charge in [0.15, 0.2) is 0 Å². The van der Waals surface area contributed by atoms with E-state index in [0.29, 0.717) is 6.42 Å². The van der Waals surface area contributed by atoms with Crippen LogP contribution in [0.15, 0.2) is 0 Å². The molecule has 2 heterocycles. The molecule has 1 unspecified atom stereocenters. The molecular formula is C8H11NO3. The topological polar surface area (TPSA) is 66.4 Å². The standard InChI is InChI=1S/C8H11NO3/c10-6-3-4-1-2-5(9-4)7(6)8(11)12/h4-5,7,9H,1-3H2,(H,11,12)/t4-,5+,7?/m0/s1. The number of carboxylic acids is 1. The van der Waals surface area contributed by atoms with Crippen LogP contribution >= 0.6 is 0 Å². The highest BCUT2D eigenvalue weighted by Crippen LogP contribution is 2.28. The lowest BCUT2D eigenvalue weighted by Gasteiger charge is -2.25. The van der Waals surface area contributed by atoms with Crippen LogP contribution in [0, 0.1) is 5.92 Å². The molecule has 0 spiro atoms. The Morgan fingerprint density at radius 2 is 2.25 bits per heavy atom. The van der Waals surface area contributed by atoms with Crippen LogP contribution in [-0.4, -0.2) is 28.9 Å². The highest BCUT2D eigenvalue weighted by Gasteiger charge is 2.44. The maximum Gasteiger partial charge on any atom is 0.315 e. The summed E-state index contributed by atoms with van der Waals surface area (Å²) in [6.07, 6.45) is 2.17. The predicted octanol–water partition coefficient (Wildman–Crippen LogP) is -0.219. The summed E-state index contributed by atoms with van der Waals surface area (Å²) in [7, 11) is 0. The number of hydrogen-bond acceptors (Lipinski definition) is 3. The van der Waals surface area contributed by atoms with Gasteiger partial charge in [-0.25, -0.2) is 0 Å². The summed E-state index contributed by atoms with van der Waals surface area (Å²) >= 11 is 0. The molecule has 2 aliphatic rings. The Kier molecular flexibility index (Phi) is 1.65. The first kappa shape index (κ1) is 7.73. The predicted molar refractivity (Wildman–Crippen MR) is 40.7 cm³/mol. The average Bonchev–Trinajstić information content (AvgIpc) is 2.31. The molecule has 0 aromatic carbocycles. The molecule has 0 radical (unpaired) electrons. The lowest BCUT2D eigenvalue weighted by Crippen LogP contribution is -2.49. The van der Waals surface area contributed by atoms with E-state index >= 15 is 0 Å². The minimum atomic E-state index is -0.974. The van der Waals surface area contributed by atoms with Gasteiger partial charge < -0.3 is 10.4 Å². The minimum absolute atomic E-state index is 0.103. The zero-order chi connectivity index (χ0) is 8.72. The molecule has 66 valence electrons. The van der Waals surface area contributed by atoms with Crippen molar-refractivity contribution in [2.75, 3.05) is 0 Å². The van der Waals surface area contributed by atoms with Gasteiger partial charge in [-0.15, -0.1) is 0 Å². The van der Waals surface area contributed by atoms with Crippen molar-refractivity contribution in [3.05, 3.63) is 0 Å². The monoisotopic (exact) mass is 169 g/mol. The van der Waals surface area contributed by atoms with Crippen molar-refractivity contribution >= 4 is 11.8 Å². The van der Waals surface area contributed by atoms with Gasteiger partial charge in [0.25, 0.3) is 0 Å². The number of aliphatic carboxylic acids is 1. The first-order chi connectivity index (χ1) is 5.68. The van der Waals surface area contributed by atoms with Crippen molar-refractivity contribution in [1.82, 2.24) is 5.32 Å². The molecule has 0 amide bonds. The van der Waals surface area contributed by atoms with Crippen LogP contribution < -0.4 is 5.32 Å². The van der Waals surface area contributed by atoms with Crippen molar-refractivity contribution in [3.8, 4) is 0 Å². The van der Waals surface area contributed by atoms with Crippen molar-refractivity contribution in [2.24, 2.45) is 5.92 Å². The van der Waals surface area contributed by atoms with Crippen LogP contribution in [0.25, 0.3) is 0 Å². The Morgan fingerprint density at radius 3 is 2.92 bits per heavy atom. The van der Waals surface area contributed by atoms with Gasteiger partial charge in [0.1, 0.15) is 11.7 Å². The summed E-state index contributed by atoms with van der Waals surface area (Å²) in [5, 5.41) is 11.9. The summed E-state index contributed by atoms with van der Waals surface area (Å²) in [4.78, 5) is 22.0. The van der Waals surface area contributed by atoms with E-state index in [2.05, 4.69) is 5.32 Å². The molecule has 2 aliphatic heterocycles. The van der Waals surface area contributed by atoms with Gasteiger partial charge in [-0.3, -0.25) is 9.59 Å². The number of piperidine rings is 1. The van der Waals surface area contributed by atoms with Gasteiger partial charge >= 0.3 is 5.97 Å². The van der Waals surface area contributed by atoms with Crippen LogP contribution in [0.4, 0.5) is 0 Å². The van der Waals surface area contributed by atoms with Gasteiger partial charge in [0, 0.05) is 18.5 Å². The van der Waals surface area contributed by atoms with Crippen LogP contribution in [0.5, 0.6) is 0 Å².